The number of nitrogens with two attached hydrogens (primary N) is 1. The molecule has 0 bridgehead atoms. The number of nitrogens with one attached hydrogen (secondary N) is 1. The molecule has 3 N–H and O–H groups in total. The minimum absolute atomic E-state index is 0.0451. The first-order valence-corrected chi connectivity index (χ1v) is 9.90. The van der Waals surface area contributed by atoms with Gasteiger partial charge in [-0.1, -0.05) is 0 Å². The lowest BCUT2D eigenvalue weighted by atomic mass is 10.1. The molecule has 0 aliphatic carbocycles. The highest BCUT2D eigenvalue weighted by Crippen LogP contribution is 2.18. The molecule has 0 saturated carbocycles. The Bertz CT molecular complexity index is 784. The molecular weight excluding hydrogens is 316 g/mol. The standard InChI is InChI=1S/C12H16N2O5S2/c1-20(16,17)11-5-8(4-9(13)6-11)12(15)14-10-2-3-21(18,19)7-10/h4-6,10H,2-3,7,13H2,1H3,(H,14,15). The number of anilines is 1. The van der Waals surface area contributed by atoms with E-state index in [0.29, 0.717) is 6.42 Å². The van der Waals surface area contributed by atoms with E-state index in [1.165, 1.54) is 18.2 Å². The van der Waals surface area contributed by atoms with E-state index in [0.717, 1.165) is 6.26 Å². The van der Waals surface area contributed by atoms with E-state index in [4.69, 9.17) is 5.73 Å². The molecule has 0 radical (unpaired) electrons. The van der Waals surface area contributed by atoms with Crippen LogP contribution in [-0.4, -0.2) is 46.5 Å². The van der Waals surface area contributed by atoms with E-state index in [9.17, 15) is 21.6 Å². The Hall–Kier alpha value is -1.61. The molecule has 1 aromatic carbocycles. The Kier molecular flexibility index (Phi) is 3.98. The van der Waals surface area contributed by atoms with Gasteiger partial charge in [-0.15, -0.1) is 0 Å². The SMILES string of the molecule is CS(=O)(=O)c1cc(N)cc(C(=O)NC2CCS(=O)(=O)C2)c1. The van der Waals surface area contributed by atoms with E-state index in [1.807, 2.05) is 0 Å². The predicted molar refractivity (Wildman–Crippen MR) is 78.5 cm³/mol. The number of rotatable bonds is 3. The van der Waals surface area contributed by atoms with Crippen LogP contribution in [0.2, 0.25) is 0 Å². The molecule has 1 aliphatic rings. The number of sulfone groups is 2. The normalized spacial score (nSPS) is 21.1. The molecule has 1 heterocycles. The van der Waals surface area contributed by atoms with Crippen molar-refractivity contribution in [3.63, 3.8) is 0 Å². The Morgan fingerprint density at radius 3 is 2.52 bits per heavy atom. The quantitative estimate of drug-likeness (QED) is 0.725. The summed E-state index contributed by atoms with van der Waals surface area (Å²) >= 11 is 0. The molecule has 1 aromatic rings. The fourth-order valence-corrected chi connectivity index (χ4v) is 4.51. The lowest BCUT2D eigenvalue weighted by Crippen LogP contribution is -2.35. The molecule has 1 amide bonds. The summed E-state index contributed by atoms with van der Waals surface area (Å²) in [6, 6.07) is 3.40. The first-order valence-electron chi connectivity index (χ1n) is 6.19. The Morgan fingerprint density at radius 2 is 2.00 bits per heavy atom. The summed E-state index contributed by atoms with van der Waals surface area (Å²) in [5.41, 5.74) is 5.86. The van der Waals surface area contributed by atoms with Gasteiger partial charge in [0.1, 0.15) is 0 Å². The molecular formula is C12H16N2O5S2. The minimum atomic E-state index is -3.48. The first kappa shape index (κ1) is 15.8. The number of benzene rings is 1. The van der Waals surface area contributed by atoms with Gasteiger partial charge in [0.05, 0.1) is 16.4 Å². The zero-order valence-electron chi connectivity index (χ0n) is 11.4. The van der Waals surface area contributed by atoms with Crippen LogP contribution < -0.4 is 11.1 Å². The second kappa shape index (κ2) is 5.30. The van der Waals surface area contributed by atoms with Crippen molar-refractivity contribution in [2.45, 2.75) is 17.4 Å². The fraction of sp³-hybridized carbons (Fsp3) is 0.417. The molecule has 1 atom stereocenters. The second-order valence-corrected chi connectivity index (χ2v) is 9.38. The Labute approximate surface area is 123 Å². The number of nitrogen functional groups attached to an aromatic ring is 1. The average molecular weight is 332 g/mol. The van der Waals surface area contributed by atoms with Gasteiger partial charge >= 0.3 is 0 Å². The van der Waals surface area contributed by atoms with Crippen LogP contribution in [0.1, 0.15) is 16.8 Å². The lowest BCUT2D eigenvalue weighted by molar-refractivity contribution is 0.0941. The lowest BCUT2D eigenvalue weighted by Gasteiger charge is -2.12. The van der Waals surface area contributed by atoms with Gasteiger partial charge in [0.25, 0.3) is 5.91 Å². The number of hydrogen-bond acceptors (Lipinski definition) is 6. The molecule has 0 spiro atoms. The zero-order chi connectivity index (χ0) is 15.8. The maximum absolute atomic E-state index is 12.1. The van der Waals surface area contributed by atoms with Crippen molar-refractivity contribution in [1.82, 2.24) is 5.32 Å². The smallest absolute Gasteiger partial charge is 0.251 e. The largest absolute Gasteiger partial charge is 0.399 e. The molecule has 116 valence electrons. The molecule has 2 rings (SSSR count). The highest BCUT2D eigenvalue weighted by Gasteiger charge is 2.29. The van der Waals surface area contributed by atoms with E-state index < -0.39 is 31.6 Å². The second-order valence-electron chi connectivity index (χ2n) is 5.14. The van der Waals surface area contributed by atoms with Crippen molar-refractivity contribution in [3.05, 3.63) is 23.8 Å². The van der Waals surface area contributed by atoms with Gasteiger partial charge in [0.2, 0.25) is 0 Å². The van der Waals surface area contributed by atoms with Gasteiger partial charge in [-0.05, 0) is 24.6 Å². The Balaban J connectivity index is 2.22. The summed E-state index contributed by atoms with van der Waals surface area (Å²) < 4.78 is 45.7. The summed E-state index contributed by atoms with van der Waals surface area (Å²) in [7, 11) is -6.58. The number of carbonyl (C=O) groups is 1. The molecule has 1 aliphatic heterocycles. The summed E-state index contributed by atoms with van der Waals surface area (Å²) in [5, 5.41) is 2.59. The fourth-order valence-electron chi connectivity index (χ4n) is 2.14. The molecule has 7 nitrogen and oxygen atoms in total. The number of hydrogen-bond donors (Lipinski definition) is 2. The van der Waals surface area contributed by atoms with Gasteiger partial charge in [0.15, 0.2) is 19.7 Å². The topological polar surface area (TPSA) is 123 Å². The van der Waals surface area contributed by atoms with Gasteiger partial charge in [0, 0.05) is 23.5 Å². The van der Waals surface area contributed by atoms with Crippen molar-refractivity contribution in [2.75, 3.05) is 23.5 Å². The van der Waals surface area contributed by atoms with Crippen molar-refractivity contribution in [2.24, 2.45) is 0 Å². The Morgan fingerprint density at radius 1 is 1.33 bits per heavy atom. The van der Waals surface area contributed by atoms with Crippen LogP contribution in [0.5, 0.6) is 0 Å². The van der Waals surface area contributed by atoms with Gasteiger partial charge in [-0.25, -0.2) is 16.8 Å². The molecule has 1 saturated heterocycles. The highest BCUT2D eigenvalue weighted by molar-refractivity contribution is 7.91. The van der Waals surface area contributed by atoms with E-state index in [2.05, 4.69) is 5.32 Å². The third-order valence-electron chi connectivity index (χ3n) is 3.19. The van der Waals surface area contributed by atoms with E-state index in [1.54, 1.807) is 0 Å². The summed E-state index contributed by atoms with van der Waals surface area (Å²) in [4.78, 5) is 12.0. The maximum Gasteiger partial charge on any atom is 0.251 e. The molecule has 0 aromatic heterocycles. The molecule has 9 heteroatoms. The van der Waals surface area contributed by atoms with E-state index >= 15 is 0 Å². The van der Waals surface area contributed by atoms with Gasteiger partial charge in [-0.2, -0.15) is 0 Å². The monoisotopic (exact) mass is 332 g/mol. The van der Waals surface area contributed by atoms with Crippen molar-refractivity contribution in [3.8, 4) is 0 Å². The zero-order valence-corrected chi connectivity index (χ0v) is 13.0. The molecule has 1 fully saturated rings. The van der Waals surface area contributed by atoms with Crippen LogP contribution in [0.25, 0.3) is 0 Å². The van der Waals surface area contributed by atoms with Crippen molar-refractivity contribution in [1.29, 1.82) is 0 Å². The summed E-state index contributed by atoms with van der Waals surface area (Å²) in [6.07, 6.45) is 1.38. The van der Waals surface area contributed by atoms with Crippen LogP contribution in [0, 0.1) is 0 Å². The first-order chi connectivity index (χ1) is 9.57. The van der Waals surface area contributed by atoms with Crippen LogP contribution in [-0.2, 0) is 19.7 Å². The average Bonchev–Trinajstić information content (AvgIpc) is 2.66. The summed E-state index contributed by atoms with van der Waals surface area (Å²) in [5.74, 6) is -0.585. The van der Waals surface area contributed by atoms with Crippen LogP contribution in [0.3, 0.4) is 0 Å². The maximum atomic E-state index is 12.1. The summed E-state index contributed by atoms with van der Waals surface area (Å²) in [6.45, 7) is 0. The van der Waals surface area contributed by atoms with Crippen molar-refractivity contribution >= 4 is 31.3 Å². The van der Waals surface area contributed by atoms with E-state index in [-0.39, 0.29) is 27.7 Å². The minimum Gasteiger partial charge on any atom is -0.399 e. The highest BCUT2D eigenvalue weighted by atomic mass is 32.2. The van der Waals surface area contributed by atoms with Gasteiger partial charge < -0.3 is 11.1 Å². The van der Waals surface area contributed by atoms with Gasteiger partial charge in [-0.3, -0.25) is 4.79 Å². The third-order valence-corrected chi connectivity index (χ3v) is 6.05. The predicted octanol–water partition coefficient (Wildman–Crippen LogP) is -0.411. The van der Waals surface area contributed by atoms with Crippen LogP contribution in [0.4, 0.5) is 5.69 Å². The number of amides is 1. The van der Waals surface area contributed by atoms with Crippen molar-refractivity contribution < 1.29 is 21.6 Å². The molecule has 1 unspecified atom stereocenters. The third kappa shape index (κ3) is 3.94. The van der Waals surface area contributed by atoms with Crippen LogP contribution >= 0.6 is 0 Å². The number of carbonyl (C=O) groups excluding carboxylic acids is 1. The van der Waals surface area contributed by atoms with Crippen LogP contribution in [0.15, 0.2) is 23.1 Å². The molecule has 21 heavy (non-hydrogen) atoms.